The Morgan fingerprint density at radius 2 is 2.20 bits per heavy atom. The number of hydrogen-bond acceptors (Lipinski definition) is 8. The van der Waals surface area contributed by atoms with Crippen molar-refractivity contribution in [3.8, 4) is 0 Å². The first-order valence-corrected chi connectivity index (χ1v) is 10.5. The molecule has 0 atom stereocenters. The van der Waals surface area contributed by atoms with Gasteiger partial charge < -0.3 is 20.6 Å². The summed E-state index contributed by atoms with van der Waals surface area (Å²) in [4.78, 5) is 28.1. The summed E-state index contributed by atoms with van der Waals surface area (Å²) in [6, 6.07) is 5.92. The molecule has 1 aromatic carbocycles. The fourth-order valence-corrected chi connectivity index (χ4v) is 4.40. The number of benzene rings is 1. The summed E-state index contributed by atoms with van der Waals surface area (Å²) >= 11 is 1.47. The van der Waals surface area contributed by atoms with Crippen LogP contribution in [0.15, 0.2) is 31.1 Å². The van der Waals surface area contributed by atoms with Gasteiger partial charge in [0.05, 0.1) is 23.7 Å². The standard InChI is InChI=1S/C21H24N6O2S/c1-4-13-9-14(5-6-15(13)22-3)25-19-18-20(24-12-23-19)30-16(26-18)7-8-17(28)27-10-21(2,29)11-27/h4-6,9,12,22,29H,1,7-8,10-11H2,2-3H3,(H,23,24,25). The van der Waals surface area contributed by atoms with E-state index < -0.39 is 5.60 Å². The third-order valence-corrected chi connectivity index (χ3v) is 6.03. The van der Waals surface area contributed by atoms with E-state index in [-0.39, 0.29) is 5.91 Å². The SMILES string of the molecule is C=Cc1cc(Nc2ncnc3sc(CCC(=O)N4CC(C)(O)C4)nc23)ccc1NC. The van der Waals surface area contributed by atoms with E-state index in [0.717, 1.165) is 26.8 Å². The predicted octanol–water partition coefficient (Wildman–Crippen LogP) is 3.04. The van der Waals surface area contributed by atoms with Gasteiger partial charge in [-0.15, -0.1) is 0 Å². The minimum atomic E-state index is -0.751. The molecule has 1 aliphatic rings. The number of anilines is 3. The molecule has 1 aliphatic heterocycles. The van der Waals surface area contributed by atoms with Crippen LogP contribution in [0.25, 0.3) is 16.4 Å². The van der Waals surface area contributed by atoms with E-state index in [4.69, 9.17) is 0 Å². The third kappa shape index (κ3) is 4.12. The minimum absolute atomic E-state index is 0.0341. The lowest BCUT2D eigenvalue weighted by molar-refractivity contribution is -0.152. The van der Waals surface area contributed by atoms with Gasteiger partial charge in [0.25, 0.3) is 0 Å². The Kier molecular flexibility index (Phi) is 5.40. The second-order valence-electron chi connectivity index (χ2n) is 7.61. The van der Waals surface area contributed by atoms with Crippen LogP contribution in [0, 0.1) is 0 Å². The van der Waals surface area contributed by atoms with Crippen LogP contribution in [0.4, 0.5) is 17.2 Å². The Morgan fingerprint density at radius 3 is 2.90 bits per heavy atom. The van der Waals surface area contributed by atoms with Crippen LogP contribution in [0.5, 0.6) is 0 Å². The zero-order valence-corrected chi connectivity index (χ0v) is 17.8. The maximum atomic E-state index is 12.3. The van der Waals surface area contributed by atoms with Crippen molar-refractivity contribution in [2.75, 3.05) is 30.8 Å². The Hall–Kier alpha value is -3.04. The summed E-state index contributed by atoms with van der Waals surface area (Å²) < 4.78 is 0. The zero-order chi connectivity index (χ0) is 21.3. The molecule has 1 fully saturated rings. The highest BCUT2D eigenvalue weighted by Crippen LogP contribution is 2.29. The maximum Gasteiger partial charge on any atom is 0.223 e. The molecule has 2 aromatic heterocycles. The average molecular weight is 425 g/mol. The minimum Gasteiger partial charge on any atom is -0.388 e. The van der Waals surface area contributed by atoms with Crippen LogP contribution in [-0.2, 0) is 11.2 Å². The van der Waals surface area contributed by atoms with E-state index in [1.54, 1.807) is 17.9 Å². The van der Waals surface area contributed by atoms with Crippen LogP contribution in [0.1, 0.15) is 23.9 Å². The van der Waals surface area contributed by atoms with Gasteiger partial charge in [0.15, 0.2) is 5.82 Å². The third-order valence-electron chi connectivity index (χ3n) is 5.01. The topological polar surface area (TPSA) is 103 Å². The highest BCUT2D eigenvalue weighted by Gasteiger charge is 2.38. The van der Waals surface area contributed by atoms with Gasteiger partial charge in [0.2, 0.25) is 5.91 Å². The van der Waals surface area contributed by atoms with E-state index in [2.05, 4.69) is 32.2 Å². The predicted molar refractivity (Wildman–Crippen MR) is 120 cm³/mol. The van der Waals surface area contributed by atoms with Gasteiger partial charge in [-0.25, -0.2) is 15.0 Å². The number of carbonyl (C=O) groups is 1. The average Bonchev–Trinajstić information content (AvgIpc) is 3.14. The van der Waals surface area contributed by atoms with E-state index in [1.165, 1.54) is 17.7 Å². The smallest absolute Gasteiger partial charge is 0.223 e. The number of thiazole rings is 1. The molecule has 156 valence electrons. The second-order valence-corrected chi connectivity index (χ2v) is 8.67. The molecule has 0 bridgehead atoms. The molecule has 3 aromatic rings. The van der Waals surface area contributed by atoms with E-state index >= 15 is 0 Å². The number of aliphatic hydroxyl groups is 1. The van der Waals surface area contributed by atoms with Crippen molar-refractivity contribution in [2.45, 2.75) is 25.4 Å². The molecule has 8 nitrogen and oxygen atoms in total. The molecule has 0 radical (unpaired) electrons. The van der Waals surface area contributed by atoms with Crippen molar-refractivity contribution in [2.24, 2.45) is 0 Å². The number of amides is 1. The van der Waals surface area contributed by atoms with Gasteiger partial charge in [-0.3, -0.25) is 4.79 Å². The molecular formula is C21H24N6O2S. The van der Waals surface area contributed by atoms with Gasteiger partial charge >= 0.3 is 0 Å². The number of likely N-dealkylation sites (tertiary alicyclic amines) is 1. The number of hydrogen-bond donors (Lipinski definition) is 3. The highest BCUT2D eigenvalue weighted by molar-refractivity contribution is 7.18. The number of carbonyl (C=O) groups excluding carboxylic acids is 1. The fourth-order valence-electron chi connectivity index (χ4n) is 3.49. The van der Waals surface area contributed by atoms with Crippen molar-refractivity contribution in [1.29, 1.82) is 0 Å². The number of nitrogens with one attached hydrogen (secondary N) is 2. The summed E-state index contributed by atoms with van der Waals surface area (Å²) in [6.07, 6.45) is 4.20. The molecule has 0 aliphatic carbocycles. The summed E-state index contributed by atoms with van der Waals surface area (Å²) in [5, 5.41) is 17.1. The molecule has 4 rings (SSSR count). The Morgan fingerprint density at radius 1 is 1.40 bits per heavy atom. The van der Waals surface area contributed by atoms with Crippen molar-refractivity contribution < 1.29 is 9.90 Å². The lowest BCUT2D eigenvalue weighted by Gasteiger charge is -2.44. The summed E-state index contributed by atoms with van der Waals surface area (Å²) in [5.74, 6) is 0.659. The van der Waals surface area contributed by atoms with Gasteiger partial charge in [-0.2, -0.15) is 0 Å². The molecule has 3 N–H and O–H groups in total. The largest absolute Gasteiger partial charge is 0.388 e. The van der Waals surface area contributed by atoms with Crippen molar-refractivity contribution in [1.82, 2.24) is 19.9 Å². The Bertz CT molecular complexity index is 1100. The number of β-amino-alcohol motifs (C(OH)–C–C–N with tert-alkyl or cyclic N) is 1. The quantitative estimate of drug-likeness (QED) is 0.536. The second kappa shape index (κ2) is 8.00. The number of aromatic nitrogens is 3. The first kappa shape index (κ1) is 20.2. The summed E-state index contributed by atoms with van der Waals surface area (Å²) in [6.45, 7) is 6.38. The summed E-state index contributed by atoms with van der Waals surface area (Å²) in [5.41, 5.74) is 2.79. The molecule has 1 amide bonds. The van der Waals surface area contributed by atoms with Crippen LogP contribution in [0.2, 0.25) is 0 Å². The molecule has 0 spiro atoms. The lowest BCUT2D eigenvalue weighted by Crippen LogP contribution is -2.61. The monoisotopic (exact) mass is 424 g/mol. The molecule has 0 saturated carbocycles. The van der Waals surface area contributed by atoms with E-state index in [0.29, 0.717) is 37.3 Å². The zero-order valence-electron chi connectivity index (χ0n) is 17.0. The van der Waals surface area contributed by atoms with Crippen molar-refractivity contribution >= 4 is 50.9 Å². The molecule has 0 unspecified atom stereocenters. The number of rotatable bonds is 7. The molecule has 9 heteroatoms. The highest BCUT2D eigenvalue weighted by atomic mass is 32.1. The van der Waals surface area contributed by atoms with Crippen LogP contribution in [-0.4, -0.2) is 56.6 Å². The van der Waals surface area contributed by atoms with Crippen LogP contribution < -0.4 is 10.6 Å². The van der Waals surface area contributed by atoms with Crippen LogP contribution >= 0.6 is 11.3 Å². The Labute approximate surface area is 178 Å². The maximum absolute atomic E-state index is 12.3. The normalized spacial score (nSPS) is 15.0. The molecule has 1 saturated heterocycles. The van der Waals surface area contributed by atoms with Gasteiger partial charge in [-0.05, 0) is 30.7 Å². The van der Waals surface area contributed by atoms with Crippen molar-refractivity contribution in [3.63, 3.8) is 0 Å². The first-order chi connectivity index (χ1) is 14.4. The van der Waals surface area contributed by atoms with Gasteiger partial charge in [-0.1, -0.05) is 24.0 Å². The van der Waals surface area contributed by atoms with E-state index in [9.17, 15) is 9.90 Å². The van der Waals surface area contributed by atoms with Crippen LogP contribution in [0.3, 0.4) is 0 Å². The number of aryl methyl sites for hydroxylation is 1. The molecule has 3 heterocycles. The number of fused-ring (bicyclic) bond motifs is 1. The van der Waals surface area contributed by atoms with Crippen molar-refractivity contribution in [3.05, 3.63) is 41.7 Å². The Balaban J connectivity index is 1.48. The fraction of sp³-hybridized carbons (Fsp3) is 0.333. The first-order valence-electron chi connectivity index (χ1n) is 9.70. The summed E-state index contributed by atoms with van der Waals surface area (Å²) in [7, 11) is 1.87. The molecule has 30 heavy (non-hydrogen) atoms. The molecular weight excluding hydrogens is 400 g/mol. The number of nitrogens with zero attached hydrogens (tertiary/aromatic N) is 4. The van der Waals surface area contributed by atoms with E-state index in [1.807, 2.05) is 25.2 Å². The van der Waals surface area contributed by atoms with Gasteiger partial charge in [0, 0.05) is 31.3 Å². The lowest BCUT2D eigenvalue weighted by atomic mass is 9.96. The van der Waals surface area contributed by atoms with Gasteiger partial charge in [0.1, 0.15) is 16.7 Å².